The van der Waals surface area contributed by atoms with E-state index >= 15 is 0 Å². The summed E-state index contributed by atoms with van der Waals surface area (Å²) in [6.45, 7) is 14.9. The maximum atomic E-state index is 2.71. The fourth-order valence-corrected chi connectivity index (χ4v) is 16.9. The molecule has 0 bridgehead atoms. The number of aryl methyl sites for hydroxylation is 2. The van der Waals surface area contributed by atoms with Gasteiger partial charge < -0.3 is 9.80 Å². The van der Waals surface area contributed by atoms with Crippen molar-refractivity contribution in [3.8, 4) is 33.4 Å². The Kier molecular flexibility index (Phi) is 10.1. The highest BCUT2D eigenvalue weighted by Gasteiger charge is 2.59. The SMILES string of the molecule is Cc1cc2c(cc1-c1ccc3c(c1)C(c1ccccc1)(c1ccccc1)c1c-3c3ccccc3c3cc(-c4cc5c(cc4C)N(c4ccccc4)C4(C)CCCCC54C)ccc13)C1(C)CCCCC1(C)N2c1ccccc1. The van der Waals surface area contributed by atoms with Gasteiger partial charge in [0.2, 0.25) is 0 Å². The van der Waals surface area contributed by atoms with Crippen LogP contribution in [0.5, 0.6) is 0 Å². The number of nitrogens with zero attached hydrogens (tertiary/aromatic N) is 2. The standard InChI is InChI=1S/C75H68N2/c1-49-43-67-65(71(3)39-21-23-41-73(71,5)76(67)55-29-15-9-16-30-55)47-61(49)51-35-37-59-63(45-51)57-33-19-20-34-58(57)69-60-38-36-52(46-64(60)75(70(59)69,53-25-11-7-12-26-53)54-27-13-8-14-28-54)62-48-66-68(44-50(62)2)77(56-31-17-10-18-32-56)74(6)42-24-22-40-72(66,74)4/h7-20,25-38,43-48H,21-24,39-42H2,1-6H3. The van der Waals surface area contributed by atoms with Crippen LogP contribution in [0.25, 0.3) is 54.9 Å². The topological polar surface area (TPSA) is 6.48 Å². The van der Waals surface area contributed by atoms with Crippen LogP contribution in [-0.2, 0) is 16.2 Å². The van der Waals surface area contributed by atoms with Gasteiger partial charge in [-0.1, -0.05) is 185 Å². The summed E-state index contributed by atoms with van der Waals surface area (Å²) in [5.74, 6) is 0. The van der Waals surface area contributed by atoms with Crippen molar-refractivity contribution in [2.75, 3.05) is 9.80 Å². The predicted octanol–water partition coefficient (Wildman–Crippen LogP) is 19.8. The van der Waals surface area contributed by atoms with Crippen molar-refractivity contribution in [1.82, 2.24) is 0 Å². The highest BCUT2D eigenvalue weighted by Crippen LogP contribution is 2.65. The Balaban J connectivity index is 0.962. The molecule has 77 heavy (non-hydrogen) atoms. The predicted molar refractivity (Wildman–Crippen MR) is 325 cm³/mol. The van der Waals surface area contributed by atoms with E-state index in [0.29, 0.717) is 0 Å². The maximum Gasteiger partial charge on any atom is 0.0720 e. The van der Waals surface area contributed by atoms with E-state index in [4.69, 9.17) is 0 Å². The fraction of sp³-hybridized carbons (Fsp3) is 0.253. The lowest BCUT2D eigenvalue weighted by Crippen LogP contribution is -2.54. The number of rotatable bonds is 6. The van der Waals surface area contributed by atoms with Crippen molar-refractivity contribution >= 4 is 44.3 Å². The van der Waals surface area contributed by atoms with Gasteiger partial charge in [0.15, 0.2) is 0 Å². The van der Waals surface area contributed by atoms with E-state index in [2.05, 4.69) is 258 Å². The molecule has 15 rings (SSSR count). The van der Waals surface area contributed by atoms with Crippen molar-refractivity contribution in [2.24, 2.45) is 0 Å². The summed E-state index contributed by atoms with van der Waals surface area (Å²) < 4.78 is 0. The molecule has 5 aliphatic rings. The molecule has 0 aromatic heterocycles. The normalized spacial score (nSPS) is 23.6. The van der Waals surface area contributed by atoms with E-state index in [1.807, 2.05) is 0 Å². The van der Waals surface area contributed by atoms with Crippen LogP contribution in [0.2, 0.25) is 0 Å². The number of anilines is 4. The van der Waals surface area contributed by atoms with Gasteiger partial charge in [0.25, 0.3) is 0 Å². The first-order valence-corrected chi connectivity index (χ1v) is 28.8. The van der Waals surface area contributed by atoms with Gasteiger partial charge in [-0.2, -0.15) is 0 Å². The Morgan fingerprint density at radius 1 is 0.351 bits per heavy atom. The lowest BCUT2D eigenvalue weighted by atomic mass is 9.61. The van der Waals surface area contributed by atoms with Crippen molar-refractivity contribution in [3.05, 3.63) is 251 Å². The summed E-state index contributed by atoms with van der Waals surface area (Å²) in [5.41, 5.74) is 23.6. The van der Waals surface area contributed by atoms with E-state index in [1.165, 1.54) is 174 Å². The Morgan fingerprint density at radius 3 is 1.31 bits per heavy atom. The molecular weight excluding hydrogens is 929 g/mol. The molecule has 2 heterocycles. The van der Waals surface area contributed by atoms with Gasteiger partial charge in [0.1, 0.15) is 0 Å². The zero-order valence-electron chi connectivity index (χ0n) is 45.7. The minimum atomic E-state index is -0.611. The summed E-state index contributed by atoms with van der Waals surface area (Å²) in [5, 5.41) is 5.23. The molecule has 2 nitrogen and oxygen atoms in total. The Morgan fingerprint density at radius 2 is 0.792 bits per heavy atom. The maximum absolute atomic E-state index is 2.71. The first kappa shape index (κ1) is 46.6. The summed E-state index contributed by atoms with van der Waals surface area (Å²) in [6.07, 6.45) is 9.78. The van der Waals surface area contributed by atoms with Crippen LogP contribution in [-0.4, -0.2) is 11.1 Å². The van der Waals surface area contributed by atoms with Crippen molar-refractivity contribution in [1.29, 1.82) is 0 Å². The molecule has 2 aliphatic heterocycles. The van der Waals surface area contributed by atoms with Crippen molar-refractivity contribution < 1.29 is 0 Å². The van der Waals surface area contributed by atoms with Crippen molar-refractivity contribution in [2.45, 2.75) is 120 Å². The first-order valence-electron chi connectivity index (χ1n) is 28.8. The van der Waals surface area contributed by atoms with E-state index in [-0.39, 0.29) is 21.9 Å². The molecule has 378 valence electrons. The molecule has 0 radical (unpaired) electrons. The summed E-state index contributed by atoms with van der Waals surface area (Å²) in [6, 6.07) is 80.0. The minimum Gasteiger partial charge on any atom is -0.334 e. The first-order chi connectivity index (χ1) is 37.5. The lowest BCUT2D eigenvalue weighted by molar-refractivity contribution is 0.195. The molecular formula is C75H68N2. The van der Waals surface area contributed by atoms with Crippen LogP contribution in [0.3, 0.4) is 0 Å². The number of fused-ring (bicyclic) bond motifs is 14. The zero-order valence-corrected chi connectivity index (χ0v) is 45.7. The minimum absolute atomic E-state index is 0.00894. The third-order valence-corrected chi connectivity index (χ3v) is 21.1. The van der Waals surface area contributed by atoms with Crippen LogP contribution in [0, 0.1) is 13.8 Å². The Labute approximate surface area is 456 Å². The third kappa shape index (κ3) is 6.13. The average molecular weight is 997 g/mol. The van der Waals surface area contributed by atoms with Crippen LogP contribution < -0.4 is 9.80 Å². The smallest absolute Gasteiger partial charge is 0.0720 e. The van der Waals surface area contributed by atoms with E-state index in [0.717, 1.165) is 0 Å². The molecule has 10 aromatic rings. The second kappa shape index (κ2) is 16.7. The third-order valence-electron chi connectivity index (χ3n) is 21.1. The molecule has 2 saturated carbocycles. The summed E-state index contributed by atoms with van der Waals surface area (Å²) >= 11 is 0. The molecule has 0 N–H and O–H groups in total. The zero-order chi connectivity index (χ0) is 52.1. The van der Waals surface area contributed by atoms with Gasteiger partial charge in [0, 0.05) is 33.6 Å². The average Bonchev–Trinajstić information content (AvgIpc) is 4.11. The molecule has 4 unspecified atom stereocenters. The van der Waals surface area contributed by atoms with Crippen LogP contribution in [0.15, 0.2) is 206 Å². The van der Waals surface area contributed by atoms with E-state index in [1.54, 1.807) is 0 Å². The molecule has 0 saturated heterocycles. The van der Waals surface area contributed by atoms with Crippen LogP contribution in [0.4, 0.5) is 22.7 Å². The highest BCUT2D eigenvalue weighted by molar-refractivity contribution is 6.20. The number of hydrogen-bond donors (Lipinski definition) is 0. The van der Waals surface area contributed by atoms with Gasteiger partial charge in [-0.05, 0) is 213 Å². The van der Waals surface area contributed by atoms with Crippen molar-refractivity contribution in [3.63, 3.8) is 0 Å². The number of para-hydroxylation sites is 2. The summed E-state index contributed by atoms with van der Waals surface area (Å²) in [7, 11) is 0. The van der Waals surface area contributed by atoms with Gasteiger partial charge in [-0.3, -0.25) is 0 Å². The van der Waals surface area contributed by atoms with Gasteiger partial charge in [-0.15, -0.1) is 0 Å². The summed E-state index contributed by atoms with van der Waals surface area (Å²) in [4.78, 5) is 5.43. The molecule has 0 spiro atoms. The molecule has 2 fully saturated rings. The van der Waals surface area contributed by atoms with Gasteiger partial charge in [0.05, 0.1) is 16.5 Å². The second-order valence-corrected chi connectivity index (χ2v) is 24.6. The monoisotopic (exact) mass is 997 g/mol. The number of hydrogen-bond acceptors (Lipinski definition) is 2. The molecule has 3 aliphatic carbocycles. The van der Waals surface area contributed by atoms with E-state index in [9.17, 15) is 0 Å². The molecule has 10 aromatic carbocycles. The van der Waals surface area contributed by atoms with E-state index < -0.39 is 5.41 Å². The fourth-order valence-electron chi connectivity index (χ4n) is 16.9. The number of benzene rings is 10. The van der Waals surface area contributed by atoms with Gasteiger partial charge in [-0.25, -0.2) is 0 Å². The van der Waals surface area contributed by atoms with Gasteiger partial charge >= 0.3 is 0 Å². The Hall–Kier alpha value is -7.68. The quantitative estimate of drug-likeness (QED) is 0.153. The Bertz CT molecular complexity index is 3990. The lowest BCUT2D eigenvalue weighted by Gasteiger charge is -2.50. The second-order valence-electron chi connectivity index (χ2n) is 24.6. The molecule has 0 amide bonds. The molecule has 2 heteroatoms. The largest absolute Gasteiger partial charge is 0.334 e. The van der Waals surface area contributed by atoms with Crippen LogP contribution in [0.1, 0.15) is 124 Å². The highest BCUT2D eigenvalue weighted by atomic mass is 15.3. The van der Waals surface area contributed by atoms with Crippen LogP contribution >= 0.6 is 0 Å². The molecule has 4 atom stereocenters.